The molecule has 4 nitrogen and oxygen atoms in total. The van der Waals surface area contributed by atoms with Crippen LogP contribution in [0.5, 0.6) is 5.75 Å². The Labute approximate surface area is 134 Å². The first-order chi connectivity index (χ1) is 9.54. The zero-order valence-electron chi connectivity index (χ0n) is 11.7. The van der Waals surface area contributed by atoms with Crippen molar-refractivity contribution in [3.05, 3.63) is 39.1 Å². The number of H-pyrrole nitrogens is 1. The highest BCUT2D eigenvalue weighted by molar-refractivity contribution is 6.32. The van der Waals surface area contributed by atoms with Gasteiger partial charge in [0.2, 0.25) is 0 Å². The molecule has 1 aromatic heterocycles. The maximum atomic E-state index is 11.9. The monoisotopic (exact) mass is 328 g/mol. The average Bonchev–Trinajstić information content (AvgIpc) is 3.20. The number of nitrogens with one attached hydrogen (secondary N) is 1. The Morgan fingerprint density at radius 1 is 1.43 bits per heavy atom. The number of ether oxygens (including phenoxy) is 1. The number of aromatic nitrogens is 1. The summed E-state index contributed by atoms with van der Waals surface area (Å²) >= 11 is 6.23. The van der Waals surface area contributed by atoms with E-state index in [0.717, 1.165) is 10.9 Å². The zero-order valence-corrected chi connectivity index (χ0v) is 13.3. The Morgan fingerprint density at radius 3 is 2.76 bits per heavy atom. The van der Waals surface area contributed by atoms with Crippen LogP contribution < -0.4 is 16.0 Å². The van der Waals surface area contributed by atoms with E-state index < -0.39 is 0 Å². The van der Waals surface area contributed by atoms with Crippen LogP contribution in [0.1, 0.15) is 31.4 Å². The fourth-order valence-electron chi connectivity index (χ4n) is 2.16. The summed E-state index contributed by atoms with van der Waals surface area (Å²) in [6.45, 7) is 2.47. The van der Waals surface area contributed by atoms with Gasteiger partial charge in [-0.15, -0.1) is 12.4 Å². The summed E-state index contributed by atoms with van der Waals surface area (Å²) in [6, 6.07) is 5.07. The lowest BCUT2D eigenvalue weighted by Gasteiger charge is -2.10. The van der Waals surface area contributed by atoms with Crippen molar-refractivity contribution >= 4 is 34.9 Å². The predicted octanol–water partition coefficient (Wildman–Crippen LogP) is 3.41. The molecule has 0 saturated heterocycles. The van der Waals surface area contributed by atoms with Crippen LogP contribution in [-0.4, -0.2) is 11.6 Å². The molecule has 21 heavy (non-hydrogen) atoms. The third kappa shape index (κ3) is 3.51. The molecular weight excluding hydrogens is 311 g/mol. The van der Waals surface area contributed by atoms with E-state index in [2.05, 4.69) is 4.98 Å². The maximum absolute atomic E-state index is 11.9. The fraction of sp³-hybridized carbons (Fsp3) is 0.400. The van der Waals surface area contributed by atoms with Gasteiger partial charge in [0, 0.05) is 23.1 Å². The first kappa shape index (κ1) is 16.1. The average molecular weight is 329 g/mol. The molecule has 1 heterocycles. The second-order valence-corrected chi connectivity index (χ2v) is 5.87. The van der Waals surface area contributed by atoms with Gasteiger partial charge in [-0.05, 0) is 37.8 Å². The Hall–Kier alpha value is -1.23. The molecule has 0 aliphatic heterocycles. The van der Waals surface area contributed by atoms with Gasteiger partial charge in [-0.25, -0.2) is 0 Å². The molecule has 1 atom stereocenters. The number of hydrogen-bond acceptors (Lipinski definition) is 3. The smallest absolute Gasteiger partial charge is 0.253 e. The number of hydrogen-bond donors (Lipinski definition) is 2. The molecule has 0 bridgehead atoms. The van der Waals surface area contributed by atoms with Gasteiger partial charge in [0.1, 0.15) is 5.75 Å². The fourth-order valence-corrected chi connectivity index (χ4v) is 2.39. The van der Waals surface area contributed by atoms with E-state index in [9.17, 15) is 4.79 Å². The van der Waals surface area contributed by atoms with Crippen molar-refractivity contribution in [3.63, 3.8) is 0 Å². The van der Waals surface area contributed by atoms with Crippen LogP contribution >= 0.6 is 24.0 Å². The lowest BCUT2D eigenvalue weighted by atomic mass is 10.1. The quantitative estimate of drug-likeness (QED) is 0.903. The maximum Gasteiger partial charge on any atom is 0.253 e. The van der Waals surface area contributed by atoms with Crippen molar-refractivity contribution < 1.29 is 4.74 Å². The molecule has 1 aromatic carbocycles. The minimum atomic E-state index is -0.312. The lowest BCUT2D eigenvalue weighted by Crippen LogP contribution is -2.19. The molecule has 1 fully saturated rings. The minimum Gasteiger partial charge on any atom is -0.492 e. The van der Waals surface area contributed by atoms with Crippen LogP contribution in [0.3, 0.4) is 0 Å². The Morgan fingerprint density at radius 2 is 2.14 bits per heavy atom. The highest BCUT2D eigenvalue weighted by atomic mass is 35.5. The lowest BCUT2D eigenvalue weighted by molar-refractivity contribution is 0.300. The van der Waals surface area contributed by atoms with Gasteiger partial charge >= 0.3 is 0 Å². The largest absolute Gasteiger partial charge is 0.492 e. The van der Waals surface area contributed by atoms with Crippen molar-refractivity contribution in [3.8, 4) is 5.75 Å². The van der Waals surface area contributed by atoms with E-state index in [-0.39, 0.29) is 24.0 Å². The first-order valence-corrected chi connectivity index (χ1v) is 7.17. The molecule has 6 heteroatoms. The summed E-state index contributed by atoms with van der Waals surface area (Å²) in [6.07, 6.45) is 2.44. The number of benzene rings is 1. The first-order valence-electron chi connectivity index (χ1n) is 6.79. The molecule has 1 aliphatic carbocycles. The van der Waals surface area contributed by atoms with Gasteiger partial charge in [-0.2, -0.15) is 0 Å². The van der Waals surface area contributed by atoms with Crippen LogP contribution in [0, 0.1) is 5.92 Å². The van der Waals surface area contributed by atoms with Crippen molar-refractivity contribution in [1.82, 2.24) is 4.98 Å². The summed E-state index contributed by atoms with van der Waals surface area (Å²) in [7, 11) is 0. The summed E-state index contributed by atoms with van der Waals surface area (Å²) in [4.78, 5) is 14.8. The molecule has 0 spiro atoms. The topological polar surface area (TPSA) is 68.1 Å². The normalized spacial score (nSPS) is 15.6. The Kier molecular flexibility index (Phi) is 4.81. The SMILES string of the molecule is CC(N)c1cc2cc(Cl)c(OCC3CC3)cc2[nH]c1=O.Cl. The second-order valence-electron chi connectivity index (χ2n) is 5.47. The zero-order chi connectivity index (χ0) is 14.3. The number of aromatic amines is 1. The minimum absolute atomic E-state index is 0. The van der Waals surface area contributed by atoms with Crippen molar-refractivity contribution in [2.75, 3.05) is 6.61 Å². The van der Waals surface area contributed by atoms with Gasteiger partial charge in [0.05, 0.1) is 17.1 Å². The predicted molar refractivity (Wildman–Crippen MR) is 87.6 cm³/mol. The number of pyridine rings is 1. The summed E-state index contributed by atoms with van der Waals surface area (Å²) < 4.78 is 5.71. The van der Waals surface area contributed by atoms with Gasteiger partial charge in [0.25, 0.3) is 5.56 Å². The van der Waals surface area contributed by atoms with Crippen molar-refractivity contribution in [1.29, 1.82) is 0 Å². The molecule has 1 saturated carbocycles. The molecule has 3 N–H and O–H groups in total. The van der Waals surface area contributed by atoms with E-state index in [0.29, 0.717) is 28.9 Å². The molecule has 114 valence electrons. The summed E-state index contributed by atoms with van der Waals surface area (Å²) in [5.41, 5.74) is 6.89. The van der Waals surface area contributed by atoms with Gasteiger partial charge in [0.15, 0.2) is 0 Å². The number of nitrogens with two attached hydrogens (primary N) is 1. The van der Waals surface area contributed by atoms with Crippen LogP contribution in [0.15, 0.2) is 23.0 Å². The van der Waals surface area contributed by atoms with Crippen LogP contribution in [0.4, 0.5) is 0 Å². The Bertz CT molecular complexity index is 709. The number of halogens is 2. The van der Waals surface area contributed by atoms with E-state index in [1.165, 1.54) is 12.8 Å². The van der Waals surface area contributed by atoms with Crippen molar-refractivity contribution in [2.45, 2.75) is 25.8 Å². The molecule has 2 aromatic rings. The number of fused-ring (bicyclic) bond motifs is 1. The molecule has 0 amide bonds. The van der Waals surface area contributed by atoms with Gasteiger partial charge in [-0.1, -0.05) is 11.6 Å². The molecule has 1 aliphatic rings. The van der Waals surface area contributed by atoms with E-state index >= 15 is 0 Å². The third-order valence-corrected chi connectivity index (χ3v) is 3.88. The molecule has 0 radical (unpaired) electrons. The summed E-state index contributed by atoms with van der Waals surface area (Å²) in [5, 5.41) is 1.42. The van der Waals surface area contributed by atoms with Crippen LogP contribution in [-0.2, 0) is 0 Å². The van der Waals surface area contributed by atoms with E-state index in [1.54, 1.807) is 25.1 Å². The summed E-state index contributed by atoms with van der Waals surface area (Å²) in [5.74, 6) is 1.27. The van der Waals surface area contributed by atoms with Crippen molar-refractivity contribution in [2.24, 2.45) is 11.7 Å². The molecule has 1 unspecified atom stereocenters. The highest BCUT2D eigenvalue weighted by Gasteiger charge is 2.22. The standard InChI is InChI=1S/C15H17ClN2O2.ClH/c1-8(17)11-4-10-5-12(16)14(20-7-9-2-3-9)6-13(10)18-15(11)19;/h4-6,8-9H,2-3,7,17H2,1H3,(H,18,19);1H. The van der Waals surface area contributed by atoms with E-state index in [4.69, 9.17) is 22.1 Å². The number of rotatable bonds is 4. The van der Waals surface area contributed by atoms with Gasteiger partial charge < -0.3 is 15.5 Å². The molecular formula is C15H18Cl2N2O2. The molecule has 3 rings (SSSR count). The van der Waals surface area contributed by atoms with E-state index in [1.807, 2.05) is 0 Å². The van der Waals surface area contributed by atoms with Crippen LogP contribution in [0.25, 0.3) is 10.9 Å². The van der Waals surface area contributed by atoms with Gasteiger partial charge in [-0.3, -0.25) is 4.79 Å². The van der Waals surface area contributed by atoms with Crippen LogP contribution in [0.2, 0.25) is 5.02 Å². The Balaban J connectivity index is 0.00000161. The second kappa shape index (κ2) is 6.26. The highest BCUT2D eigenvalue weighted by Crippen LogP contribution is 2.33. The third-order valence-electron chi connectivity index (χ3n) is 3.59.